The lowest BCUT2D eigenvalue weighted by Crippen LogP contribution is -2.33. The van der Waals surface area contributed by atoms with Gasteiger partial charge in [-0.3, -0.25) is 14.4 Å². The van der Waals surface area contributed by atoms with Crippen LogP contribution < -0.4 is 21.2 Å². The predicted molar refractivity (Wildman–Crippen MR) is 111 cm³/mol. The van der Waals surface area contributed by atoms with Crippen molar-refractivity contribution in [1.82, 2.24) is 5.43 Å². The molecule has 0 unspecified atom stereocenters. The van der Waals surface area contributed by atoms with E-state index in [9.17, 15) is 14.4 Å². The molecule has 8 nitrogen and oxygen atoms in total. The van der Waals surface area contributed by atoms with Gasteiger partial charge in [-0.05, 0) is 36.1 Å². The summed E-state index contributed by atoms with van der Waals surface area (Å²) in [5.74, 6) is -1.94. The van der Waals surface area contributed by atoms with Gasteiger partial charge in [0.1, 0.15) is 5.75 Å². The van der Waals surface area contributed by atoms with Gasteiger partial charge in [-0.1, -0.05) is 44.2 Å². The first-order valence-electron chi connectivity index (χ1n) is 9.21. The van der Waals surface area contributed by atoms with Crippen molar-refractivity contribution in [3.05, 3.63) is 59.2 Å². The molecule has 152 valence electrons. The van der Waals surface area contributed by atoms with E-state index in [0.29, 0.717) is 17.0 Å². The second-order valence-corrected chi connectivity index (χ2v) is 6.10. The van der Waals surface area contributed by atoms with Crippen LogP contribution in [-0.4, -0.2) is 30.5 Å². The molecule has 0 heterocycles. The van der Waals surface area contributed by atoms with Crippen molar-refractivity contribution in [2.24, 2.45) is 10.8 Å². The highest BCUT2D eigenvalue weighted by molar-refractivity contribution is 6.39. The van der Waals surface area contributed by atoms with E-state index in [0.717, 1.165) is 24.0 Å². The van der Waals surface area contributed by atoms with Gasteiger partial charge >= 0.3 is 11.8 Å². The zero-order chi connectivity index (χ0) is 21.2. The molecule has 0 saturated carbocycles. The van der Waals surface area contributed by atoms with Gasteiger partial charge in [0.25, 0.3) is 5.91 Å². The number of anilines is 1. The minimum absolute atomic E-state index is 0.282. The van der Waals surface area contributed by atoms with Crippen LogP contribution in [0.5, 0.6) is 5.75 Å². The molecule has 8 heteroatoms. The van der Waals surface area contributed by atoms with Crippen molar-refractivity contribution in [2.45, 2.75) is 26.7 Å². The number of amides is 3. The first kappa shape index (κ1) is 21.6. The highest BCUT2D eigenvalue weighted by atomic mass is 16.5. The van der Waals surface area contributed by atoms with Crippen LogP contribution in [0.3, 0.4) is 0 Å². The molecule has 0 radical (unpaired) electrons. The molecular formula is C21H24N4O4. The van der Waals surface area contributed by atoms with Gasteiger partial charge in [-0.15, -0.1) is 0 Å². The minimum Gasteiger partial charge on any atom is -0.483 e. The van der Waals surface area contributed by atoms with Gasteiger partial charge in [0, 0.05) is 11.3 Å². The number of nitrogens with one attached hydrogen (secondary N) is 2. The smallest absolute Gasteiger partial charge is 0.329 e. The van der Waals surface area contributed by atoms with Crippen molar-refractivity contribution in [3.63, 3.8) is 0 Å². The lowest BCUT2D eigenvalue weighted by molar-refractivity contribution is -0.136. The Bertz CT molecular complexity index is 902. The van der Waals surface area contributed by atoms with E-state index in [2.05, 4.69) is 15.8 Å². The Morgan fingerprint density at radius 3 is 2.28 bits per heavy atom. The van der Waals surface area contributed by atoms with Crippen molar-refractivity contribution in [2.75, 3.05) is 11.9 Å². The first-order valence-corrected chi connectivity index (χ1v) is 9.21. The van der Waals surface area contributed by atoms with E-state index >= 15 is 0 Å². The minimum atomic E-state index is -0.898. The van der Waals surface area contributed by atoms with Crippen LogP contribution in [0.1, 0.15) is 30.5 Å². The van der Waals surface area contributed by atoms with E-state index in [-0.39, 0.29) is 6.61 Å². The topological polar surface area (TPSA) is 123 Å². The standard InChI is InChI=1S/C21H24N4O4/c1-3-14-9-7-10-15(4-2)19(14)24-20(27)21(28)25-23-12-16-8-5-6-11-17(16)29-13-18(22)26/h5-12H,3-4,13H2,1-2H3,(H2,22,26)(H,24,27)(H,25,28)/b23-12-. The number of aryl methyl sites for hydroxylation is 2. The molecular weight excluding hydrogens is 372 g/mol. The van der Waals surface area contributed by atoms with Crippen molar-refractivity contribution in [3.8, 4) is 5.75 Å². The average molecular weight is 396 g/mol. The monoisotopic (exact) mass is 396 g/mol. The molecule has 0 spiro atoms. The summed E-state index contributed by atoms with van der Waals surface area (Å²) in [7, 11) is 0. The van der Waals surface area contributed by atoms with Gasteiger partial charge < -0.3 is 15.8 Å². The molecule has 0 fully saturated rings. The Kier molecular flexibility index (Phi) is 7.90. The van der Waals surface area contributed by atoms with E-state index in [1.807, 2.05) is 32.0 Å². The Morgan fingerprint density at radius 2 is 1.66 bits per heavy atom. The van der Waals surface area contributed by atoms with Crippen molar-refractivity contribution < 1.29 is 19.1 Å². The molecule has 0 aliphatic heterocycles. The zero-order valence-corrected chi connectivity index (χ0v) is 16.4. The van der Waals surface area contributed by atoms with E-state index in [4.69, 9.17) is 10.5 Å². The molecule has 3 amide bonds. The number of hydrogen-bond acceptors (Lipinski definition) is 5. The van der Waals surface area contributed by atoms with Gasteiger partial charge in [0.2, 0.25) is 0 Å². The SMILES string of the molecule is CCc1cccc(CC)c1NC(=O)C(=O)N/N=C\c1ccccc1OCC(N)=O. The number of carbonyl (C=O) groups is 3. The summed E-state index contributed by atoms with van der Waals surface area (Å²) in [6.45, 7) is 3.68. The summed E-state index contributed by atoms with van der Waals surface area (Å²) >= 11 is 0. The number of rotatable bonds is 8. The average Bonchev–Trinajstić information content (AvgIpc) is 2.72. The van der Waals surface area contributed by atoms with Crippen LogP contribution in [0.4, 0.5) is 5.69 Å². The highest BCUT2D eigenvalue weighted by Crippen LogP contribution is 2.22. The van der Waals surface area contributed by atoms with Crippen LogP contribution in [-0.2, 0) is 27.2 Å². The number of hydrazone groups is 1. The number of carbonyl (C=O) groups excluding carboxylic acids is 3. The molecule has 0 aliphatic rings. The number of primary amides is 1. The third-order valence-electron chi connectivity index (χ3n) is 4.10. The summed E-state index contributed by atoms with van der Waals surface area (Å²) in [6, 6.07) is 12.5. The van der Waals surface area contributed by atoms with Crippen LogP contribution in [0, 0.1) is 0 Å². The molecule has 29 heavy (non-hydrogen) atoms. The Hall–Kier alpha value is -3.68. The Labute approximate surface area is 169 Å². The second kappa shape index (κ2) is 10.6. The lowest BCUT2D eigenvalue weighted by Gasteiger charge is -2.13. The van der Waals surface area contributed by atoms with Crippen LogP contribution in [0.25, 0.3) is 0 Å². The zero-order valence-electron chi connectivity index (χ0n) is 16.4. The van der Waals surface area contributed by atoms with Crippen LogP contribution >= 0.6 is 0 Å². The number of ether oxygens (including phenoxy) is 1. The summed E-state index contributed by atoms with van der Waals surface area (Å²) < 4.78 is 5.28. The maximum atomic E-state index is 12.3. The molecule has 0 aliphatic carbocycles. The van der Waals surface area contributed by atoms with E-state index in [1.54, 1.807) is 24.3 Å². The summed E-state index contributed by atoms with van der Waals surface area (Å²) in [5.41, 5.74) is 10.3. The maximum absolute atomic E-state index is 12.3. The normalized spacial score (nSPS) is 10.6. The molecule has 0 saturated heterocycles. The predicted octanol–water partition coefficient (Wildman–Crippen LogP) is 1.76. The third-order valence-corrected chi connectivity index (χ3v) is 4.10. The van der Waals surface area contributed by atoms with Crippen molar-refractivity contribution in [1.29, 1.82) is 0 Å². The van der Waals surface area contributed by atoms with Gasteiger partial charge in [0.15, 0.2) is 6.61 Å². The fourth-order valence-corrected chi connectivity index (χ4v) is 2.65. The molecule has 4 N–H and O–H groups in total. The molecule has 0 bridgehead atoms. The molecule has 0 aromatic heterocycles. The van der Waals surface area contributed by atoms with E-state index < -0.39 is 17.7 Å². The number of benzene rings is 2. The first-order chi connectivity index (χ1) is 14.0. The van der Waals surface area contributed by atoms with Gasteiger partial charge in [0.05, 0.1) is 6.21 Å². The Balaban J connectivity index is 2.03. The fraction of sp³-hybridized carbons (Fsp3) is 0.238. The fourth-order valence-electron chi connectivity index (χ4n) is 2.65. The molecule has 2 aromatic rings. The molecule has 2 rings (SSSR count). The van der Waals surface area contributed by atoms with Crippen LogP contribution in [0.15, 0.2) is 47.6 Å². The summed E-state index contributed by atoms with van der Waals surface area (Å²) in [4.78, 5) is 35.2. The second-order valence-electron chi connectivity index (χ2n) is 6.10. The quantitative estimate of drug-likeness (QED) is 0.357. The largest absolute Gasteiger partial charge is 0.483 e. The number of para-hydroxylation sites is 2. The molecule has 0 atom stereocenters. The maximum Gasteiger partial charge on any atom is 0.329 e. The summed E-state index contributed by atoms with van der Waals surface area (Å²) in [5, 5.41) is 6.47. The highest BCUT2D eigenvalue weighted by Gasteiger charge is 2.16. The number of nitrogens with two attached hydrogens (primary N) is 1. The van der Waals surface area contributed by atoms with Gasteiger partial charge in [-0.25, -0.2) is 5.43 Å². The lowest BCUT2D eigenvalue weighted by atomic mass is 10.0. The molecule has 2 aromatic carbocycles. The number of hydrogen-bond donors (Lipinski definition) is 3. The van der Waals surface area contributed by atoms with Crippen LogP contribution in [0.2, 0.25) is 0 Å². The van der Waals surface area contributed by atoms with Crippen molar-refractivity contribution >= 4 is 29.6 Å². The van der Waals surface area contributed by atoms with E-state index in [1.165, 1.54) is 6.21 Å². The van der Waals surface area contributed by atoms with Gasteiger partial charge in [-0.2, -0.15) is 5.10 Å². The Morgan fingerprint density at radius 1 is 1.00 bits per heavy atom. The number of nitrogens with zero attached hydrogens (tertiary/aromatic N) is 1. The summed E-state index contributed by atoms with van der Waals surface area (Å²) in [6.07, 6.45) is 2.77. The third kappa shape index (κ3) is 6.17.